The fraction of sp³-hybridized carbons (Fsp3) is 0.409. The van der Waals surface area contributed by atoms with Gasteiger partial charge >= 0.3 is 0 Å². The van der Waals surface area contributed by atoms with Crippen LogP contribution in [0.4, 0.5) is 5.69 Å². The molecule has 1 aliphatic heterocycles. The second-order valence-corrected chi connectivity index (χ2v) is 7.85. The summed E-state index contributed by atoms with van der Waals surface area (Å²) in [6.07, 6.45) is 5.58. The number of amides is 2. The molecule has 2 amide bonds. The second-order valence-electron chi connectivity index (χ2n) is 6.94. The molecule has 1 aromatic carbocycles. The Labute approximate surface area is 177 Å². The van der Waals surface area contributed by atoms with E-state index in [1.54, 1.807) is 23.0 Å². The highest BCUT2D eigenvalue weighted by molar-refractivity contribution is 8.00. The summed E-state index contributed by atoms with van der Waals surface area (Å²) in [5, 5.41) is 0. The van der Waals surface area contributed by atoms with E-state index in [0.29, 0.717) is 31.7 Å². The van der Waals surface area contributed by atoms with Gasteiger partial charge < -0.3 is 14.5 Å². The van der Waals surface area contributed by atoms with E-state index in [0.717, 1.165) is 29.8 Å². The van der Waals surface area contributed by atoms with Gasteiger partial charge in [-0.1, -0.05) is 24.9 Å². The summed E-state index contributed by atoms with van der Waals surface area (Å²) in [7, 11) is 0. The van der Waals surface area contributed by atoms with Gasteiger partial charge in [0.1, 0.15) is 0 Å². The number of piperazine rings is 1. The van der Waals surface area contributed by atoms with Gasteiger partial charge in [0.2, 0.25) is 6.41 Å². The van der Waals surface area contributed by atoms with Crippen LogP contribution in [0.2, 0.25) is 0 Å². The summed E-state index contributed by atoms with van der Waals surface area (Å²) >= 11 is 1.68. The number of aromatic nitrogens is 1. The van der Waals surface area contributed by atoms with Crippen molar-refractivity contribution >= 4 is 30.0 Å². The lowest BCUT2D eigenvalue weighted by Crippen LogP contribution is -2.48. The van der Waals surface area contributed by atoms with Crippen molar-refractivity contribution < 1.29 is 9.59 Å². The second kappa shape index (κ2) is 12.1. The van der Waals surface area contributed by atoms with E-state index in [1.807, 2.05) is 55.3 Å². The minimum absolute atomic E-state index is 0.0430. The Bertz CT molecular complexity index is 778. The number of carbonyl (C=O) groups is 2. The first-order valence-electron chi connectivity index (χ1n) is 9.88. The van der Waals surface area contributed by atoms with E-state index in [-0.39, 0.29) is 5.91 Å². The maximum Gasteiger partial charge on any atom is 0.253 e. The number of nitrogens with one attached hydrogen (secondary N) is 1. The van der Waals surface area contributed by atoms with Crippen molar-refractivity contribution in [1.82, 2.24) is 14.8 Å². The van der Waals surface area contributed by atoms with Crippen LogP contribution < -0.4 is 4.72 Å². The molecule has 1 saturated heterocycles. The van der Waals surface area contributed by atoms with Crippen molar-refractivity contribution in [3.05, 3.63) is 59.4 Å². The highest BCUT2D eigenvalue weighted by Crippen LogP contribution is 2.21. The van der Waals surface area contributed by atoms with Crippen LogP contribution in [0.15, 0.2) is 42.7 Å². The number of anilines is 1. The van der Waals surface area contributed by atoms with Gasteiger partial charge in [-0.2, -0.15) is 0 Å². The van der Waals surface area contributed by atoms with Crippen LogP contribution in [-0.4, -0.2) is 59.0 Å². The molecule has 0 atom stereocenters. The summed E-state index contributed by atoms with van der Waals surface area (Å²) in [4.78, 5) is 30.6. The quantitative estimate of drug-likeness (QED) is 0.443. The minimum Gasteiger partial charge on any atom is -0.342 e. The molecule has 2 aromatic rings. The van der Waals surface area contributed by atoms with Gasteiger partial charge in [-0.25, -0.2) is 0 Å². The van der Waals surface area contributed by atoms with E-state index in [9.17, 15) is 9.59 Å². The molecular formula is C22H30N4O2S. The van der Waals surface area contributed by atoms with Gasteiger partial charge in [-0.15, -0.1) is 0 Å². The van der Waals surface area contributed by atoms with Crippen molar-refractivity contribution in [2.24, 2.45) is 0 Å². The van der Waals surface area contributed by atoms with Crippen LogP contribution in [0.5, 0.6) is 0 Å². The van der Waals surface area contributed by atoms with E-state index in [1.165, 1.54) is 5.56 Å². The first-order chi connectivity index (χ1) is 14.0. The van der Waals surface area contributed by atoms with E-state index >= 15 is 0 Å². The van der Waals surface area contributed by atoms with Crippen LogP contribution >= 0.6 is 11.9 Å². The number of rotatable bonds is 6. The van der Waals surface area contributed by atoms with Crippen molar-refractivity contribution in [1.29, 1.82) is 0 Å². The van der Waals surface area contributed by atoms with Crippen LogP contribution in [0.3, 0.4) is 0 Å². The molecule has 7 heteroatoms. The third-order valence-corrected chi connectivity index (χ3v) is 5.50. The minimum atomic E-state index is 0.0430. The largest absolute Gasteiger partial charge is 0.342 e. The molecule has 1 aliphatic rings. The molecule has 1 fully saturated rings. The molecule has 29 heavy (non-hydrogen) atoms. The molecule has 0 unspecified atom stereocenters. The predicted octanol–water partition coefficient (Wildman–Crippen LogP) is 3.77. The van der Waals surface area contributed by atoms with Gasteiger partial charge in [0.15, 0.2) is 0 Å². The molecule has 0 saturated carbocycles. The fourth-order valence-electron chi connectivity index (χ4n) is 2.80. The van der Waals surface area contributed by atoms with Crippen LogP contribution in [0.25, 0.3) is 0 Å². The number of hydrogen-bond donors (Lipinski definition) is 1. The molecule has 1 N–H and O–H groups in total. The van der Waals surface area contributed by atoms with E-state index in [4.69, 9.17) is 0 Å². The molecule has 6 nitrogen and oxygen atoms in total. The molecular weight excluding hydrogens is 384 g/mol. The molecule has 0 spiro atoms. The average Bonchev–Trinajstić information content (AvgIpc) is 2.75. The average molecular weight is 415 g/mol. The van der Waals surface area contributed by atoms with Crippen molar-refractivity contribution in [2.75, 3.05) is 36.7 Å². The standard InChI is InChI=1S/C16H23N3O2S.C6H7N/c1-3-10-22-17-15-5-4-14(11-13(15)2)16(21)19-8-6-18(12-20)7-9-19;1-6-3-2-4-7-5-6/h4-5,11-12,17H,3,6-10H2,1-2H3;2-5H,1H3. The van der Waals surface area contributed by atoms with Gasteiger partial charge in [0.05, 0.1) is 0 Å². The highest BCUT2D eigenvalue weighted by atomic mass is 32.2. The van der Waals surface area contributed by atoms with Gasteiger partial charge in [0.25, 0.3) is 5.91 Å². The van der Waals surface area contributed by atoms with Crippen molar-refractivity contribution in [2.45, 2.75) is 27.2 Å². The topological polar surface area (TPSA) is 65.5 Å². The van der Waals surface area contributed by atoms with Crippen LogP contribution in [0, 0.1) is 13.8 Å². The summed E-state index contributed by atoms with van der Waals surface area (Å²) < 4.78 is 3.32. The molecule has 0 radical (unpaired) electrons. The SMILES string of the molecule is CCCSNc1ccc(C(=O)N2CCN(C=O)CC2)cc1C.Cc1cccnc1. The Morgan fingerprint density at radius 3 is 2.48 bits per heavy atom. The summed E-state index contributed by atoms with van der Waals surface area (Å²) in [5.41, 5.74) is 4.05. The molecule has 0 aliphatic carbocycles. The number of carbonyl (C=O) groups excluding carboxylic acids is 2. The lowest BCUT2D eigenvalue weighted by atomic mass is 10.1. The first kappa shape index (κ1) is 22.7. The van der Waals surface area contributed by atoms with Gasteiger partial charge in [0, 0.05) is 55.6 Å². The van der Waals surface area contributed by atoms with Gasteiger partial charge in [-0.3, -0.25) is 14.6 Å². The smallest absolute Gasteiger partial charge is 0.253 e. The number of hydrogen-bond acceptors (Lipinski definition) is 5. The molecule has 156 valence electrons. The lowest BCUT2D eigenvalue weighted by Gasteiger charge is -2.32. The van der Waals surface area contributed by atoms with Gasteiger partial charge in [-0.05, 0) is 55.7 Å². The Kier molecular flexibility index (Phi) is 9.50. The predicted molar refractivity (Wildman–Crippen MR) is 120 cm³/mol. The Hall–Kier alpha value is -2.54. The summed E-state index contributed by atoms with van der Waals surface area (Å²) in [6, 6.07) is 9.72. The number of benzene rings is 1. The Balaban J connectivity index is 0.000000360. The monoisotopic (exact) mass is 414 g/mol. The molecule has 2 heterocycles. The normalized spacial score (nSPS) is 13.3. The third-order valence-electron chi connectivity index (χ3n) is 4.52. The number of nitrogens with zero attached hydrogens (tertiary/aromatic N) is 3. The molecule has 3 rings (SSSR count). The Morgan fingerprint density at radius 1 is 1.21 bits per heavy atom. The number of aryl methyl sites for hydroxylation is 2. The van der Waals surface area contributed by atoms with Crippen molar-refractivity contribution in [3.63, 3.8) is 0 Å². The zero-order valence-corrected chi connectivity index (χ0v) is 18.2. The first-order valence-corrected chi connectivity index (χ1v) is 10.9. The van der Waals surface area contributed by atoms with Crippen molar-refractivity contribution in [3.8, 4) is 0 Å². The van der Waals surface area contributed by atoms with Crippen LogP contribution in [-0.2, 0) is 4.79 Å². The third kappa shape index (κ3) is 7.42. The number of pyridine rings is 1. The zero-order valence-electron chi connectivity index (χ0n) is 17.4. The lowest BCUT2D eigenvalue weighted by molar-refractivity contribution is -0.119. The Morgan fingerprint density at radius 2 is 1.97 bits per heavy atom. The summed E-state index contributed by atoms with van der Waals surface area (Å²) in [6.45, 7) is 8.60. The fourth-order valence-corrected chi connectivity index (χ4v) is 3.49. The highest BCUT2D eigenvalue weighted by Gasteiger charge is 2.21. The molecule has 0 bridgehead atoms. The maximum atomic E-state index is 12.5. The summed E-state index contributed by atoms with van der Waals surface area (Å²) in [5.74, 6) is 1.10. The molecule has 1 aromatic heterocycles. The maximum absolute atomic E-state index is 12.5. The van der Waals surface area contributed by atoms with E-state index in [2.05, 4.69) is 16.6 Å². The van der Waals surface area contributed by atoms with Crippen LogP contribution in [0.1, 0.15) is 34.8 Å². The van der Waals surface area contributed by atoms with E-state index < -0.39 is 0 Å². The zero-order chi connectivity index (χ0) is 21.1.